The summed E-state index contributed by atoms with van der Waals surface area (Å²) < 4.78 is 0. The van der Waals surface area contributed by atoms with Crippen molar-refractivity contribution in [2.24, 2.45) is 0 Å². The summed E-state index contributed by atoms with van der Waals surface area (Å²) in [5.74, 6) is 1.63. The van der Waals surface area contributed by atoms with Crippen molar-refractivity contribution in [2.75, 3.05) is 43.4 Å². The molecule has 21 heavy (non-hydrogen) atoms. The van der Waals surface area contributed by atoms with Gasteiger partial charge in [-0.05, 0) is 12.5 Å². The van der Waals surface area contributed by atoms with Crippen molar-refractivity contribution in [3.8, 4) is 0 Å². The van der Waals surface area contributed by atoms with Crippen LogP contribution in [0.15, 0.2) is 6.07 Å². The minimum absolute atomic E-state index is 0.727. The molecule has 0 atom stereocenters. The summed E-state index contributed by atoms with van der Waals surface area (Å²) in [6.07, 6.45) is 1.92. The molecule has 3 heterocycles. The van der Waals surface area contributed by atoms with Crippen LogP contribution in [-0.4, -0.2) is 54.5 Å². The molecule has 2 aromatic heterocycles. The predicted octanol–water partition coefficient (Wildman–Crippen LogP) is 1.57. The Morgan fingerprint density at radius 1 is 1.33 bits per heavy atom. The highest BCUT2D eigenvalue weighted by atomic mass is 32.1. The molecule has 3 rings (SSSR count). The van der Waals surface area contributed by atoms with E-state index in [1.54, 1.807) is 16.2 Å². The fourth-order valence-corrected chi connectivity index (χ4v) is 3.46. The van der Waals surface area contributed by atoms with E-state index in [0.29, 0.717) is 0 Å². The molecule has 6 nitrogen and oxygen atoms in total. The van der Waals surface area contributed by atoms with Crippen LogP contribution >= 0.6 is 11.3 Å². The SMILES string of the molecule is CCc1cc2c(NC)nc(N3CCN(C=O)CC3)nc2s1. The Kier molecular flexibility index (Phi) is 3.92. The van der Waals surface area contributed by atoms with Gasteiger partial charge in [0.05, 0.1) is 5.39 Å². The van der Waals surface area contributed by atoms with Gasteiger partial charge in [0.1, 0.15) is 10.6 Å². The zero-order valence-corrected chi connectivity index (χ0v) is 13.1. The maximum atomic E-state index is 10.8. The van der Waals surface area contributed by atoms with Crippen LogP contribution in [0.5, 0.6) is 0 Å². The van der Waals surface area contributed by atoms with Gasteiger partial charge in [-0.2, -0.15) is 4.98 Å². The van der Waals surface area contributed by atoms with Gasteiger partial charge >= 0.3 is 0 Å². The topological polar surface area (TPSA) is 61.4 Å². The second-order valence-electron chi connectivity index (χ2n) is 5.04. The lowest BCUT2D eigenvalue weighted by molar-refractivity contribution is -0.118. The summed E-state index contributed by atoms with van der Waals surface area (Å²) in [6.45, 7) is 5.16. The molecule has 1 aliphatic heterocycles. The smallest absolute Gasteiger partial charge is 0.228 e. The molecule has 0 aliphatic carbocycles. The van der Waals surface area contributed by atoms with Gasteiger partial charge in [-0.15, -0.1) is 11.3 Å². The zero-order chi connectivity index (χ0) is 14.8. The van der Waals surface area contributed by atoms with Crippen LogP contribution < -0.4 is 10.2 Å². The van der Waals surface area contributed by atoms with Crippen LogP contribution in [0.3, 0.4) is 0 Å². The van der Waals surface area contributed by atoms with Gasteiger partial charge in [0.25, 0.3) is 0 Å². The molecule has 7 heteroatoms. The van der Waals surface area contributed by atoms with Gasteiger partial charge in [0.2, 0.25) is 12.4 Å². The average Bonchev–Trinajstić information content (AvgIpc) is 2.97. The van der Waals surface area contributed by atoms with E-state index in [4.69, 9.17) is 4.98 Å². The maximum absolute atomic E-state index is 10.8. The zero-order valence-electron chi connectivity index (χ0n) is 12.3. The van der Waals surface area contributed by atoms with E-state index >= 15 is 0 Å². The first kappa shape index (κ1) is 14.1. The predicted molar refractivity (Wildman–Crippen MR) is 86.2 cm³/mol. The number of carbonyl (C=O) groups excluding carboxylic acids is 1. The first-order valence-electron chi connectivity index (χ1n) is 7.17. The summed E-state index contributed by atoms with van der Waals surface area (Å²) >= 11 is 1.73. The van der Waals surface area contributed by atoms with Gasteiger partial charge in [0.15, 0.2) is 0 Å². The summed E-state index contributed by atoms with van der Waals surface area (Å²) in [7, 11) is 1.89. The summed E-state index contributed by atoms with van der Waals surface area (Å²) in [4.78, 5) is 26.4. The van der Waals surface area contributed by atoms with Crippen molar-refractivity contribution in [1.82, 2.24) is 14.9 Å². The van der Waals surface area contributed by atoms with Gasteiger partial charge in [0, 0.05) is 38.1 Å². The fourth-order valence-electron chi connectivity index (χ4n) is 2.49. The second-order valence-corrected chi connectivity index (χ2v) is 6.15. The standard InChI is InChI=1S/C14H19N5OS/c1-3-10-8-11-12(15-2)16-14(17-13(11)21-10)19-6-4-18(9-20)5-7-19/h8-9H,3-7H2,1-2H3,(H,15,16,17). The van der Waals surface area contributed by atoms with Gasteiger partial charge < -0.3 is 15.1 Å². The molecule has 2 aromatic rings. The first-order valence-corrected chi connectivity index (χ1v) is 7.99. The number of hydrogen-bond acceptors (Lipinski definition) is 6. The third-order valence-corrected chi connectivity index (χ3v) is 4.94. The fraction of sp³-hybridized carbons (Fsp3) is 0.500. The van der Waals surface area contributed by atoms with E-state index in [0.717, 1.165) is 61.0 Å². The summed E-state index contributed by atoms with van der Waals surface area (Å²) in [6, 6.07) is 2.17. The third kappa shape index (κ3) is 2.65. The number of rotatable bonds is 4. The molecule has 0 radical (unpaired) electrons. The van der Waals surface area contributed by atoms with Gasteiger partial charge in [-0.1, -0.05) is 6.92 Å². The molecule has 1 amide bonds. The van der Waals surface area contributed by atoms with E-state index in [1.807, 2.05) is 7.05 Å². The van der Waals surface area contributed by atoms with Crippen LogP contribution in [0.1, 0.15) is 11.8 Å². The lowest BCUT2D eigenvalue weighted by Gasteiger charge is -2.32. The Bertz CT molecular complexity index is 648. The van der Waals surface area contributed by atoms with Crippen LogP contribution in [0.25, 0.3) is 10.2 Å². The molecule has 0 aromatic carbocycles. The highest BCUT2D eigenvalue weighted by molar-refractivity contribution is 7.18. The Balaban J connectivity index is 1.94. The average molecular weight is 305 g/mol. The lowest BCUT2D eigenvalue weighted by atomic mass is 10.3. The van der Waals surface area contributed by atoms with Gasteiger partial charge in [-0.25, -0.2) is 4.98 Å². The van der Waals surface area contributed by atoms with Crippen molar-refractivity contribution in [3.05, 3.63) is 10.9 Å². The number of nitrogens with zero attached hydrogens (tertiary/aromatic N) is 4. The van der Waals surface area contributed by atoms with Crippen LogP contribution in [0.2, 0.25) is 0 Å². The number of carbonyl (C=O) groups is 1. The number of amides is 1. The lowest BCUT2D eigenvalue weighted by Crippen LogP contribution is -2.46. The first-order chi connectivity index (χ1) is 10.2. The number of aryl methyl sites for hydroxylation is 1. The number of thiophene rings is 1. The quantitative estimate of drug-likeness (QED) is 0.869. The van der Waals surface area contributed by atoms with Crippen LogP contribution in [0, 0.1) is 0 Å². The second kappa shape index (κ2) is 5.85. The van der Waals surface area contributed by atoms with E-state index < -0.39 is 0 Å². The molecule has 0 unspecified atom stereocenters. The Labute approximate surface area is 127 Å². The molecule has 1 aliphatic rings. The largest absolute Gasteiger partial charge is 0.372 e. The van der Waals surface area contributed by atoms with Crippen molar-refractivity contribution in [2.45, 2.75) is 13.3 Å². The van der Waals surface area contributed by atoms with Crippen LogP contribution in [-0.2, 0) is 11.2 Å². The highest BCUT2D eigenvalue weighted by Gasteiger charge is 2.20. The van der Waals surface area contributed by atoms with Crippen molar-refractivity contribution >= 4 is 39.7 Å². The Hall–Kier alpha value is -1.89. The molecule has 112 valence electrons. The van der Waals surface area contributed by atoms with Crippen molar-refractivity contribution in [3.63, 3.8) is 0 Å². The normalized spacial score (nSPS) is 15.5. The number of aromatic nitrogens is 2. The minimum atomic E-state index is 0.727. The van der Waals surface area contributed by atoms with E-state index in [1.165, 1.54) is 4.88 Å². The maximum Gasteiger partial charge on any atom is 0.228 e. The molecular formula is C14H19N5OS. The summed E-state index contributed by atoms with van der Waals surface area (Å²) in [5, 5.41) is 4.26. The minimum Gasteiger partial charge on any atom is -0.372 e. The monoisotopic (exact) mass is 305 g/mol. The Morgan fingerprint density at radius 3 is 2.71 bits per heavy atom. The molecule has 1 fully saturated rings. The van der Waals surface area contributed by atoms with E-state index in [-0.39, 0.29) is 0 Å². The number of anilines is 2. The number of fused-ring (bicyclic) bond motifs is 1. The number of hydrogen-bond donors (Lipinski definition) is 1. The molecule has 0 spiro atoms. The van der Waals surface area contributed by atoms with Crippen molar-refractivity contribution < 1.29 is 4.79 Å². The highest BCUT2D eigenvalue weighted by Crippen LogP contribution is 2.31. The molecule has 0 saturated carbocycles. The molecule has 1 N–H and O–H groups in total. The van der Waals surface area contributed by atoms with Crippen LogP contribution in [0.4, 0.5) is 11.8 Å². The van der Waals surface area contributed by atoms with E-state index in [2.05, 4.69) is 28.2 Å². The number of nitrogens with one attached hydrogen (secondary N) is 1. The van der Waals surface area contributed by atoms with Crippen molar-refractivity contribution in [1.29, 1.82) is 0 Å². The molecular weight excluding hydrogens is 286 g/mol. The number of piperazine rings is 1. The molecule has 1 saturated heterocycles. The Morgan fingerprint density at radius 2 is 2.10 bits per heavy atom. The third-order valence-electron chi connectivity index (χ3n) is 3.76. The summed E-state index contributed by atoms with van der Waals surface area (Å²) in [5.41, 5.74) is 0. The van der Waals surface area contributed by atoms with E-state index in [9.17, 15) is 4.79 Å². The van der Waals surface area contributed by atoms with Gasteiger partial charge in [-0.3, -0.25) is 4.79 Å². The molecule has 0 bridgehead atoms.